The van der Waals surface area contributed by atoms with E-state index in [9.17, 15) is 10.1 Å². The molecule has 1 aromatic rings. The van der Waals surface area contributed by atoms with Crippen LogP contribution in [-0.2, 0) is 4.79 Å². The van der Waals surface area contributed by atoms with Gasteiger partial charge in [0.1, 0.15) is 11.6 Å². The number of anilines is 1. The van der Waals surface area contributed by atoms with Crippen molar-refractivity contribution in [2.75, 3.05) is 24.2 Å². The van der Waals surface area contributed by atoms with Gasteiger partial charge in [-0.25, -0.2) is 9.97 Å². The van der Waals surface area contributed by atoms with E-state index in [0.29, 0.717) is 16.5 Å². The summed E-state index contributed by atoms with van der Waals surface area (Å²) < 4.78 is 0. The highest BCUT2D eigenvalue weighted by atomic mass is 32.2. The molecule has 1 aliphatic rings. The monoisotopic (exact) mass is 333 g/mol. The molecule has 0 aromatic carbocycles. The maximum atomic E-state index is 12.1. The van der Waals surface area contributed by atoms with E-state index in [1.807, 2.05) is 27.0 Å². The molecule has 2 heterocycles. The maximum Gasteiger partial charge on any atom is 0.225 e. The molecule has 0 aliphatic carbocycles. The molecule has 0 radical (unpaired) electrons. The third kappa shape index (κ3) is 4.35. The molecule has 23 heavy (non-hydrogen) atoms. The van der Waals surface area contributed by atoms with Crippen molar-refractivity contribution in [3.63, 3.8) is 0 Å². The third-order valence-corrected chi connectivity index (χ3v) is 4.42. The lowest BCUT2D eigenvalue weighted by atomic mass is 9.94. The summed E-state index contributed by atoms with van der Waals surface area (Å²) in [7, 11) is 0. The van der Waals surface area contributed by atoms with Crippen LogP contribution in [0, 0.1) is 16.7 Å². The molecule has 2 rings (SSSR count). The first-order chi connectivity index (χ1) is 10.8. The average Bonchev–Trinajstić information content (AvgIpc) is 2.54. The largest absolute Gasteiger partial charge is 0.355 e. The minimum Gasteiger partial charge on any atom is -0.355 e. The van der Waals surface area contributed by atoms with E-state index in [4.69, 9.17) is 0 Å². The molecule has 7 heteroatoms. The number of nitrogens with zero attached hydrogens (tertiary/aromatic N) is 4. The zero-order valence-corrected chi connectivity index (χ0v) is 14.9. The van der Waals surface area contributed by atoms with Crippen molar-refractivity contribution in [2.45, 2.75) is 44.8 Å². The number of thioether (sulfide) groups is 1. The summed E-state index contributed by atoms with van der Waals surface area (Å²) in [4.78, 5) is 22.8. The van der Waals surface area contributed by atoms with Crippen molar-refractivity contribution in [3.05, 3.63) is 11.8 Å². The van der Waals surface area contributed by atoms with Gasteiger partial charge < -0.3 is 10.2 Å². The van der Waals surface area contributed by atoms with Crippen molar-refractivity contribution in [2.24, 2.45) is 5.41 Å². The molecule has 1 N–H and O–H groups in total. The Morgan fingerprint density at radius 2 is 2.09 bits per heavy atom. The summed E-state index contributed by atoms with van der Waals surface area (Å²) in [5, 5.41) is 13.0. The van der Waals surface area contributed by atoms with Crippen LogP contribution in [0.15, 0.2) is 11.4 Å². The average molecular weight is 333 g/mol. The van der Waals surface area contributed by atoms with Crippen molar-refractivity contribution in [1.82, 2.24) is 15.3 Å². The Hall–Kier alpha value is -1.81. The van der Waals surface area contributed by atoms with Crippen LogP contribution in [0.2, 0.25) is 0 Å². The molecule has 1 amide bonds. The van der Waals surface area contributed by atoms with Gasteiger partial charge in [0.15, 0.2) is 11.0 Å². The van der Waals surface area contributed by atoms with Gasteiger partial charge in [-0.1, -0.05) is 32.5 Å². The molecule has 1 saturated heterocycles. The number of carbonyl (C=O) groups excluding carboxylic acids is 1. The van der Waals surface area contributed by atoms with Crippen LogP contribution < -0.4 is 10.2 Å². The lowest BCUT2D eigenvalue weighted by Crippen LogP contribution is -2.48. The molecule has 1 aliphatic heterocycles. The lowest BCUT2D eigenvalue weighted by molar-refractivity contribution is -0.129. The van der Waals surface area contributed by atoms with Crippen LogP contribution >= 0.6 is 11.8 Å². The standard InChI is InChI=1S/C16H23N5OS/c1-16(2,3)14(22)19-12-5-7-21(8-6-12)13-11(9-17)10-18-15(20-13)23-4/h10,12H,5-8H2,1-4H3,(H,19,22). The first kappa shape index (κ1) is 17.5. The first-order valence-corrected chi connectivity index (χ1v) is 8.94. The van der Waals surface area contributed by atoms with Crippen LogP contribution in [0.3, 0.4) is 0 Å². The highest BCUT2D eigenvalue weighted by Crippen LogP contribution is 2.24. The number of piperidine rings is 1. The van der Waals surface area contributed by atoms with Crippen LogP contribution in [-0.4, -0.2) is 41.3 Å². The zero-order chi connectivity index (χ0) is 17.0. The molecular weight excluding hydrogens is 310 g/mol. The van der Waals surface area contributed by atoms with Crippen molar-refractivity contribution in [3.8, 4) is 6.07 Å². The highest BCUT2D eigenvalue weighted by molar-refractivity contribution is 7.98. The SMILES string of the molecule is CSc1ncc(C#N)c(N2CCC(NC(=O)C(C)(C)C)CC2)n1. The highest BCUT2D eigenvalue weighted by Gasteiger charge is 2.27. The van der Waals surface area contributed by atoms with E-state index < -0.39 is 0 Å². The summed E-state index contributed by atoms with van der Waals surface area (Å²) >= 11 is 1.46. The number of amides is 1. The Balaban J connectivity index is 2.02. The fourth-order valence-corrected chi connectivity index (χ4v) is 2.75. The molecule has 0 atom stereocenters. The van der Waals surface area contributed by atoms with Gasteiger partial charge in [0.25, 0.3) is 0 Å². The number of carbonyl (C=O) groups is 1. The number of hydrogen-bond donors (Lipinski definition) is 1. The predicted molar refractivity (Wildman–Crippen MR) is 91.4 cm³/mol. The number of rotatable bonds is 3. The molecule has 0 spiro atoms. The number of nitrogens with one attached hydrogen (secondary N) is 1. The second-order valence-electron chi connectivity index (χ2n) is 6.69. The Bertz CT molecular complexity index is 612. The molecule has 6 nitrogen and oxygen atoms in total. The van der Waals surface area contributed by atoms with Crippen molar-refractivity contribution < 1.29 is 4.79 Å². The van der Waals surface area contributed by atoms with Crippen molar-refractivity contribution in [1.29, 1.82) is 5.26 Å². The molecular formula is C16H23N5OS. The summed E-state index contributed by atoms with van der Waals surface area (Å²) in [6, 6.07) is 2.35. The van der Waals surface area contributed by atoms with Crippen LogP contribution in [0.25, 0.3) is 0 Å². The van der Waals surface area contributed by atoms with Gasteiger partial charge in [0, 0.05) is 24.5 Å². The van der Waals surface area contributed by atoms with Gasteiger partial charge in [-0.3, -0.25) is 4.79 Å². The molecule has 1 fully saturated rings. The molecule has 0 saturated carbocycles. The number of hydrogen-bond acceptors (Lipinski definition) is 6. The minimum absolute atomic E-state index is 0.0837. The fraction of sp³-hybridized carbons (Fsp3) is 0.625. The Morgan fingerprint density at radius 3 is 2.61 bits per heavy atom. The van der Waals surface area contributed by atoms with Crippen LogP contribution in [0.1, 0.15) is 39.2 Å². The second-order valence-corrected chi connectivity index (χ2v) is 7.46. The number of aromatic nitrogens is 2. The second kappa shape index (κ2) is 7.18. The van der Waals surface area contributed by atoms with E-state index in [1.165, 1.54) is 11.8 Å². The summed E-state index contributed by atoms with van der Waals surface area (Å²) in [6.45, 7) is 7.30. The Kier molecular flexibility index (Phi) is 5.47. The van der Waals surface area contributed by atoms with Crippen LogP contribution in [0.5, 0.6) is 0 Å². The summed E-state index contributed by atoms with van der Waals surface area (Å²) in [5.74, 6) is 0.785. The van der Waals surface area contributed by atoms with E-state index in [0.717, 1.165) is 25.9 Å². The Labute approximate surface area is 141 Å². The van der Waals surface area contributed by atoms with E-state index in [-0.39, 0.29) is 17.4 Å². The summed E-state index contributed by atoms with van der Waals surface area (Å²) in [6.07, 6.45) is 5.21. The Morgan fingerprint density at radius 1 is 1.43 bits per heavy atom. The first-order valence-electron chi connectivity index (χ1n) is 7.72. The topological polar surface area (TPSA) is 81.9 Å². The minimum atomic E-state index is -0.370. The smallest absolute Gasteiger partial charge is 0.225 e. The van der Waals surface area contributed by atoms with Gasteiger partial charge >= 0.3 is 0 Å². The molecule has 124 valence electrons. The van der Waals surface area contributed by atoms with E-state index in [1.54, 1.807) is 6.20 Å². The molecule has 0 bridgehead atoms. The fourth-order valence-electron chi connectivity index (χ4n) is 2.41. The quantitative estimate of drug-likeness (QED) is 0.674. The molecule has 1 aromatic heterocycles. The molecule has 0 unspecified atom stereocenters. The van der Waals surface area contributed by atoms with Gasteiger partial charge in [-0.15, -0.1) is 0 Å². The van der Waals surface area contributed by atoms with Gasteiger partial charge in [0.05, 0.1) is 6.20 Å². The van der Waals surface area contributed by atoms with Gasteiger partial charge in [-0.05, 0) is 19.1 Å². The lowest BCUT2D eigenvalue weighted by Gasteiger charge is -2.34. The maximum absolute atomic E-state index is 12.1. The summed E-state index contributed by atoms with van der Waals surface area (Å²) in [5.41, 5.74) is 0.130. The van der Waals surface area contributed by atoms with Crippen molar-refractivity contribution >= 4 is 23.5 Å². The van der Waals surface area contributed by atoms with Gasteiger partial charge in [-0.2, -0.15) is 5.26 Å². The van der Waals surface area contributed by atoms with E-state index in [2.05, 4.69) is 26.3 Å². The van der Waals surface area contributed by atoms with Gasteiger partial charge in [0.2, 0.25) is 5.91 Å². The van der Waals surface area contributed by atoms with E-state index >= 15 is 0 Å². The number of nitriles is 1. The third-order valence-electron chi connectivity index (χ3n) is 3.86. The zero-order valence-electron chi connectivity index (χ0n) is 14.1. The normalized spacial score (nSPS) is 16.0. The predicted octanol–water partition coefficient (Wildman–Crippen LogP) is 2.20. The van der Waals surface area contributed by atoms with Crippen LogP contribution in [0.4, 0.5) is 5.82 Å².